The van der Waals surface area contributed by atoms with Gasteiger partial charge in [-0.1, -0.05) is 32.6 Å². The third-order valence-electron chi connectivity index (χ3n) is 4.08. The van der Waals surface area contributed by atoms with E-state index in [0.29, 0.717) is 6.04 Å². The van der Waals surface area contributed by atoms with Gasteiger partial charge in [0.1, 0.15) is 11.3 Å². The van der Waals surface area contributed by atoms with Crippen LogP contribution < -0.4 is 0 Å². The lowest BCUT2D eigenvalue weighted by molar-refractivity contribution is 0.466. The Hall–Kier alpha value is -1.09. The highest BCUT2D eigenvalue weighted by Gasteiger charge is 2.20. The first-order chi connectivity index (χ1) is 10.1. The first-order valence-corrected chi connectivity index (χ1v) is 8.47. The van der Waals surface area contributed by atoms with Crippen molar-refractivity contribution < 1.29 is 0 Å². The van der Waals surface area contributed by atoms with Crippen molar-refractivity contribution in [3.8, 4) is 0 Å². The van der Waals surface area contributed by atoms with Crippen LogP contribution in [0.15, 0.2) is 12.3 Å². The summed E-state index contributed by atoms with van der Waals surface area (Å²) in [6.07, 6.45) is 8.14. The Morgan fingerprint density at radius 1 is 1.24 bits per heavy atom. The fourth-order valence-corrected chi connectivity index (χ4v) is 2.99. The van der Waals surface area contributed by atoms with E-state index in [-0.39, 0.29) is 5.38 Å². The number of rotatable bonds is 7. The fourth-order valence-electron chi connectivity index (χ4n) is 2.84. The van der Waals surface area contributed by atoms with Crippen LogP contribution in [0.5, 0.6) is 0 Å². The van der Waals surface area contributed by atoms with Gasteiger partial charge in [0.15, 0.2) is 5.65 Å². The van der Waals surface area contributed by atoms with Crippen LogP contribution in [0.4, 0.5) is 0 Å². The smallest absolute Gasteiger partial charge is 0.160 e. The molecule has 2 rings (SSSR count). The molecule has 0 saturated heterocycles. The Balaban J connectivity index is 2.32. The standard InChI is InChI=1S/C17H26ClN3/c1-5-6-7-8-9-13(3)21-16(14(4)18)20-15-12(2)10-11-19-17(15)21/h10-11,13-14H,5-9H2,1-4H3. The summed E-state index contributed by atoms with van der Waals surface area (Å²) in [7, 11) is 0. The SMILES string of the molecule is CCCCCCC(C)n1c(C(C)Cl)nc2c(C)ccnc21. The summed E-state index contributed by atoms with van der Waals surface area (Å²) in [5.74, 6) is 0.941. The van der Waals surface area contributed by atoms with E-state index in [9.17, 15) is 0 Å². The Labute approximate surface area is 132 Å². The average Bonchev–Trinajstić information content (AvgIpc) is 2.84. The molecule has 0 radical (unpaired) electrons. The molecule has 0 fully saturated rings. The van der Waals surface area contributed by atoms with E-state index in [1.54, 1.807) is 0 Å². The summed E-state index contributed by atoms with van der Waals surface area (Å²) < 4.78 is 2.24. The average molecular weight is 308 g/mol. The maximum atomic E-state index is 6.35. The van der Waals surface area contributed by atoms with Gasteiger partial charge in [-0.05, 0) is 38.8 Å². The van der Waals surface area contributed by atoms with Crippen molar-refractivity contribution in [3.63, 3.8) is 0 Å². The van der Waals surface area contributed by atoms with Crippen LogP contribution in [0.2, 0.25) is 0 Å². The molecule has 0 aromatic carbocycles. The zero-order chi connectivity index (χ0) is 15.4. The minimum atomic E-state index is -0.100. The van der Waals surface area contributed by atoms with Gasteiger partial charge in [-0.3, -0.25) is 0 Å². The zero-order valence-electron chi connectivity index (χ0n) is 13.6. The minimum absolute atomic E-state index is 0.100. The Morgan fingerprint density at radius 3 is 2.67 bits per heavy atom. The van der Waals surface area contributed by atoms with Crippen LogP contribution in [0.1, 0.15) is 75.7 Å². The minimum Gasteiger partial charge on any atom is -0.309 e. The molecule has 2 aromatic rings. The summed E-state index contributed by atoms with van der Waals surface area (Å²) in [4.78, 5) is 9.30. The first-order valence-electron chi connectivity index (χ1n) is 8.03. The molecule has 0 aliphatic rings. The molecule has 0 aliphatic carbocycles. The number of hydrogen-bond acceptors (Lipinski definition) is 2. The van der Waals surface area contributed by atoms with E-state index >= 15 is 0 Å². The fraction of sp³-hybridized carbons (Fsp3) is 0.647. The molecule has 2 aromatic heterocycles. The molecule has 0 spiro atoms. The molecule has 3 nitrogen and oxygen atoms in total. The number of pyridine rings is 1. The maximum Gasteiger partial charge on any atom is 0.160 e. The van der Waals surface area contributed by atoms with Crippen LogP contribution in [-0.4, -0.2) is 14.5 Å². The Morgan fingerprint density at radius 2 is 2.00 bits per heavy atom. The molecule has 2 unspecified atom stereocenters. The molecule has 0 N–H and O–H groups in total. The number of aromatic nitrogens is 3. The van der Waals surface area contributed by atoms with Crippen molar-refractivity contribution >= 4 is 22.8 Å². The molecule has 0 amide bonds. The number of hydrogen-bond donors (Lipinski definition) is 0. The molecule has 2 heterocycles. The number of nitrogens with zero attached hydrogens (tertiary/aromatic N) is 3. The van der Waals surface area contributed by atoms with Gasteiger partial charge in [0.25, 0.3) is 0 Å². The summed E-state index contributed by atoms with van der Waals surface area (Å²) in [5.41, 5.74) is 3.12. The molecular formula is C17H26ClN3. The Kier molecular flexibility index (Phi) is 5.63. The van der Waals surface area contributed by atoms with Crippen LogP contribution in [-0.2, 0) is 0 Å². The molecular weight excluding hydrogens is 282 g/mol. The van der Waals surface area contributed by atoms with Crippen LogP contribution in [0, 0.1) is 6.92 Å². The van der Waals surface area contributed by atoms with Gasteiger partial charge < -0.3 is 4.57 Å². The van der Waals surface area contributed by atoms with Gasteiger partial charge in [-0.25, -0.2) is 9.97 Å². The van der Waals surface area contributed by atoms with Crippen molar-refractivity contribution in [2.75, 3.05) is 0 Å². The van der Waals surface area contributed by atoms with Crippen molar-refractivity contribution in [3.05, 3.63) is 23.7 Å². The van der Waals surface area contributed by atoms with E-state index in [1.807, 2.05) is 19.2 Å². The lowest BCUT2D eigenvalue weighted by Gasteiger charge is -2.18. The Bertz CT molecular complexity index is 589. The molecule has 0 aliphatic heterocycles. The van der Waals surface area contributed by atoms with Gasteiger partial charge in [-0.15, -0.1) is 11.6 Å². The highest BCUT2D eigenvalue weighted by molar-refractivity contribution is 6.20. The molecule has 21 heavy (non-hydrogen) atoms. The molecule has 0 bridgehead atoms. The quantitative estimate of drug-likeness (QED) is 0.494. The number of fused-ring (bicyclic) bond motifs is 1. The zero-order valence-corrected chi connectivity index (χ0v) is 14.3. The lowest BCUT2D eigenvalue weighted by Crippen LogP contribution is -2.10. The van der Waals surface area contributed by atoms with Crippen LogP contribution in [0.25, 0.3) is 11.2 Å². The largest absolute Gasteiger partial charge is 0.309 e. The maximum absolute atomic E-state index is 6.35. The van der Waals surface area contributed by atoms with Crippen molar-refractivity contribution in [2.24, 2.45) is 0 Å². The second kappa shape index (κ2) is 7.26. The van der Waals surface area contributed by atoms with E-state index in [2.05, 4.69) is 30.3 Å². The summed E-state index contributed by atoms with van der Waals surface area (Å²) in [6.45, 7) is 8.56. The summed E-state index contributed by atoms with van der Waals surface area (Å²) in [6, 6.07) is 2.39. The van der Waals surface area contributed by atoms with Gasteiger partial charge in [0.2, 0.25) is 0 Å². The normalized spacial score (nSPS) is 14.5. The highest BCUT2D eigenvalue weighted by atomic mass is 35.5. The third-order valence-corrected chi connectivity index (χ3v) is 4.28. The highest BCUT2D eigenvalue weighted by Crippen LogP contribution is 2.30. The predicted molar refractivity (Wildman–Crippen MR) is 90.0 cm³/mol. The molecule has 116 valence electrons. The van der Waals surface area contributed by atoms with Gasteiger partial charge in [0.05, 0.1) is 5.38 Å². The number of imidazole rings is 1. The van der Waals surface area contributed by atoms with Gasteiger partial charge in [0, 0.05) is 12.2 Å². The predicted octanol–water partition coefficient (Wildman–Crippen LogP) is 5.57. The van der Waals surface area contributed by atoms with Crippen molar-refractivity contribution in [1.29, 1.82) is 0 Å². The van der Waals surface area contributed by atoms with E-state index in [0.717, 1.165) is 29.0 Å². The molecule has 0 saturated carbocycles. The molecule has 4 heteroatoms. The number of alkyl halides is 1. The van der Waals surface area contributed by atoms with Crippen LogP contribution >= 0.6 is 11.6 Å². The van der Waals surface area contributed by atoms with Crippen molar-refractivity contribution in [1.82, 2.24) is 14.5 Å². The lowest BCUT2D eigenvalue weighted by atomic mass is 10.1. The van der Waals surface area contributed by atoms with Gasteiger partial charge >= 0.3 is 0 Å². The monoisotopic (exact) mass is 307 g/mol. The second-order valence-electron chi connectivity index (χ2n) is 5.95. The van der Waals surface area contributed by atoms with Crippen LogP contribution in [0.3, 0.4) is 0 Å². The van der Waals surface area contributed by atoms with E-state index in [1.165, 1.54) is 25.7 Å². The molecule has 2 atom stereocenters. The second-order valence-corrected chi connectivity index (χ2v) is 6.61. The third kappa shape index (κ3) is 3.57. The van der Waals surface area contributed by atoms with E-state index < -0.39 is 0 Å². The number of unbranched alkanes of at least 4 members (excludes halogenated alkanes) is 3. The summed E-state index contributed by atoms with van der Waals surface area (Å²) >= 11 is 6.35. The van der Waals surface area contributed by atoms with Crippen molar-refractivity contribution in [2.45, 2.75) is 71.2 Å². The number of halogens is 1. The first kappa shape index (κ1) is 16.3. The van der Waals surface area contributed by atoms with Gasteiger partial charge in [-0.2, -0.15) is 0 Å². The topological polar surface area (TPSA) is 30.7 Å². The summed E-state index contributed by atoms with van der Waals surface area (Å²) in [5, 5.41) is -0.100. The van der Waals surface area contributed by atoms with E-state index in [4.69, 9.17) is 16.6 Å². The number of aryl methyl sites for hydroxylation is 1.